The third-order valence-corrected chi connectivity index (χ3v) is 2.74. The normalized spacial score (nSPS) is 10.4. The molecule has 0 saturated heterocycles. The van der Waals surface area contributed by atoms with E-state index in [1.54, 1.807) is 38.5 Å². The molecule has 0 radical (unpaired) electrons. The summed E-state index contributed by atoms with van der Waals surface area (Å²) in [6, 6.07) is 6.77. The van der Waals surface area contributed by atoms with Crippen molar-refractivity contribution in [3.63, 3.8) is 0 Å². The van der Waals surface area contributed by atoms with Gasteiger partial charge < -0.3 is 15.7 Å². The minimum atomic E-state index is -0.249. The van der Waals surface area contributed by atoms with Crippen LogP contribution in [-0.4, -0.2) is 32.7 Å². The molecule has 0 atom stereocenters. The van der Waals surface area contributed by atoms with E-state index in [4.69, 9.17) is 5.73 Å². The minimum absolute atomic E-state index is 0.177. The van der Waals surface area contributed by atoms with Crippen molar-refractivity contribution >= 4 is 11.6 Å². The number of aromatic hydroxyl groups is 1. The van der Waals surface area contributed by atoms with Crippen molar-refractivity contribution in [3.8, 4) is 5.75 Å². The second-order valence-corrected chi connectivity index (χ2v) is 4.44. The van der Waals surface area contributed by atoms with Crippen molar-refractivity contribution in [2.24, 2.45) is 7.05 Å². The smallest absolute Gasteiger partial charge is 0.276 e. The molecule has 100 valence electrons. The number of anilines is 1. The summed E-state index contributed by atoms with van der Waals surface area (Å²) in [4.78, 5) is 13.7. The van der Waals surface area contributed by atoms with Gasteiger partial charge in [0, 0.05) is 26.8 Å². The molecule has 1 aromatic carbocycles. The molecule has 0 aliphatic heterocycles. The highest BCUT2D eigenvalue weighted by Gasteiger charge is 2.18. The summed E-state index contributed by atoms with van der Waals surface area (Å²) in [6.45, 7) is 0.378. The van der Waals surface area contributed by atoms with E-state index in [2.05, 4.69) is 5.10 Å². The molecule has 0 spiro atoms. The Bertz CT molecular complexity index is 606. The van der Waals surface area contributed by atoms with E-state index < -0.39 is 0 Å². The van der Waals surface area contributed by atoms with E-state index >= 15 is 0 Å². The third kappa shape index (κ3) is 2.85. The van der Waals surface area contributed by atoms with Gasteiger partial charge in [-0.05, 0) is 17.7 Å². The number of nitrogens with two attached hydrogens (primary N) is 1. The molecule has 2 aromatic rings. The van der Waals surface area contributed by atoms with Gasteiger partial charge in [-0.15, -0.1) is 0 Å². The zero-order chi connectivity index (χ0) is 14.0. The van der Waals surface area contributed by atoms with Crippen LogP contribution in [0.5, 0.6) is 5.75 Å². The lowest BCUT2D eigenvalue weighted by Gasteiger charge is -2.16. The van der Waals surface area contributed by atoms with E-state index in [0.29, 0.717) is 12.2 Å². The van der Waals surface area contributed by atoms with Crippen LogP contribution in [0.1, 0.15) is 16.1 Å². The number of aromatic nitrogens is 2. The molecule has 0 unspecified atom stereocenters. The lowest BCUT2D eigenvalue weighted by Crippen LogP contribution is -2.27. The summed E-state index contributed by atoms with van der Waals surface area (Å²) in [5, 5.41) is 13.4. The fourth-order valence-electron chi connectivity index (χ4n) is 1.85. The lowest BCUT2D eigenvalue weighted by atomic mass is 10.2. The average Bonchev–Trinajstić information content (AvgIpc) is 2.67. The Hall–Kier alpha value is -2.50. The summed E-state index contributed by atoms with van der Waals surface area (Å²) in [5.74, 6) is -0.0721. The molecule has 2 rings (SSSR count). The summed E-state index contributed by atoms with van der Waals surface area (Å²) in [7, 11) is 3.38. The summed E-state index contributed by atoms with van der Waals surface area (Å²) < 4.78 is 1.50. The number of rotatable bonds is 3. The second-order valence-electron chi connectivity index (χ2n) is 4.44. The van der Waals surface area contributed by atoms with Gasteiger partial charge in [0.2, 0.25) is 0 Å². The van der Waals surface area contributed by atoms with Crippen LogP contribution in [0.3, 0.4) is 0 Å². The third-order valence-electron chi connectivity index (χ3n) is 2.74. The number of aryl methyl sites for hydroxylation is 1. The molecule has 19 heavy (non-hydrogen) atoms. The predicted molar refractivity (Wildman–Crippen MR) is 71.5 cm³/mol. The first-order chi connectivity index (χ1) is 8.97. The van der Waals surface area contributed by atoms with Crippen molar-refractivity contribution in [1.29, 1.82) is 0 Å². The van der Waals surface area contributed by atoms with Crippen LogP contribution >= 0.6 is 0 Å². The Balaban J connectivity index is 2.14. The van der Waals surface area contributed by atoms with Gasteiger partial charge in [-0.2, -0.15) is 5.10 Å². The van der Waals surface area contributed by atoms with E-state index in [9.17, 15) is 9.90 Å². The molecule has 1 heterocycles. The standard InChI is InChI=1S/C13H16N4O2/c1-16(7-9-4-3-5-10(18)6-9)13(19)12-11(14)8-17(2)15-12/h3-6,8,18H,7,14H2,1-2H3. The topological polar surface area (TPSA) is 84.4 Å². The molecular weight excluding hydrogens is 244 g/mol. The second kappa shape index (κ2) is 5.01. The van der Waals surface area contributed by atoms with Gasteiger partial charge in [0.25, 0.3) is 5.91 Å². The maximum atomic E-state index is 12.2. The number of carbonyl (C=O) groups is 1. The molecule has 6 nitrogen and oxygen atoms in total. The van der Waals surface area contributed by atoms with Crippen LogP contribution in [0.2, 0.25) is 0 Å². The van der Waals surface area contributed by atoms with Crippen molar-refractivity contribution < 1.29 is 9.90 Å². The van der Waals surface area contributed by atoms with Gasteiger partial charge in [-0.1, -0.05) is 12.1 Å². The molecule has 1 aromatic heterocycles. The number of amides is 1. The monoisotopic (exact) mass is 260 g/mol. The summed E-state index contributed by atoms with van der Waals surface area (Å²) in [6.07, 6.45) is 1.59. The Morgan fingerprint density at radius 1 is 1.53 bits per heavy atom. The molecule has 0 bridgehead atoms. The zero-order valence-corrected chi connectivity index (χ0v) is 10.9. The number of phenolic OH excluding ortho intramolecular Hbond substituents is 1. The first-order valence-electron chi connectivity index (χ1n) is 5.80. The highest BCUT2D eigenvalue weighted by atomic mass is 16.3. The number of carbonyl (C=O) groups excluding carboxylic acids is 1. The van der Waals surface area contributed by atoms with Crippen molar-refractivity contribution in [3.05, 3.63) is 41.7 Å². The van der Waals surface area contributed by atoms with E-state index in [1.165, 1.54) is 9.58 Å². The molecule has 1 amide bonds. The summed E-state index contributed by atoms with van der Waals surface area (Å²) in [5.41, 5.74) is 7.16. The quantitative estimate of drug-likeness (QED) is 0.861. The van der Waals surface area contributed by atoms with E-state index in [1.807, 2.05) is 6.07 Å². The largest absolute Gasteiger partial charge is 0.508 e. The Morgan fingerprint density at radius 2 is 2.26 bits per heavy atom. The minimum Gasteiger partial charge on any atom is -0.508 e. The van der Waals surface area contributed by atoms with Crippen LogP contribution in [0.25, 0.3) is 0 Å². The van der Waals surface area contributed by atoms with Crippen molar-refractivity contribution in [2.45, 2.75) is 6.54 Å². The maximum Gasteiger partial charge on any atom is 0.276 e. The Morgan fingerprint density at radius 3 is 2.84 bits per heavy atom. The fraction of sp³-hybridized carbons (Fsp3) is 0.231. The van der Waals surface area contributed by atoms with Crippen LogP contribution in [-0.2, 0) is 13.6 Å². The van der Waals surface area contributed by atoms with Gasteiger partial charge in [0.05, 0.1) is 5.69 Å². The zero-order valence-electron chi connectivity index (χ0n) is 10.9. The molecule has 6 heteroatoms. The van der Waals surface area contributed by atoms with Gasteiger partial charge in [-0.25, -0.2) is 0 Å². The average molecular weight is 260 g/mol. The van der Waals surface area contributed by atoms with Gasteiger partial charge >= 0.3 is 0 Å². The number of hydrogen-bond donors (Lipinski definition) is 2. The SMILES string of the molecule is CN(Cc1cccc(O)c1)C(=O)c1nn(C)cc1N. The maximum absolute atomic E-state index is 12.2. The number of benzene rings is 1. The van der Waals surface area contributed by atoms with Gasteiger partial charge in [0.15, 0.2) is 5.69 Å². The van der Waals surface area contributed by atoms with Crippen LogP contribution in [0.4, 0.5) is 5.69 Å². The van der Waals surface area contributed by atoms with Crippen LogP contribution in [0.15, 0.2) is 30.5 Å². The fourth-order valence-corrected chi connectivity index (χ4v) is 1.85. The van der Waals surface area contributed by atoms with Crippen molar-refractivity contribution in [2.75, 3.05) is 12.8 Å². The Labute approximate surface area is 111 Å². The number of phenols is 1. The van der Waals surface area contributed by atoms with Gasteiger partial charge in [0.1, 0.15) is 5.75 Å². The summed E-state index contributed by atoms with van der Waals surface area (Å²) >= 11 is 0. The lowest BCUT2D eigenvalue weighted by molar-refractivity contribution is 0.0779. The molecule has 3 N–H and O–H groups in total. The highest BCUT2D eigenvalue weighted by molar-refractivity contribution is 5.96. The van der Waals surface area contributed by atoms with Crippen molar-refractivity contribution in [1.82, 2.24) is 14.7 Å². The predicted octanol–water partition coefficient (Wildman–Crippen LogP) is 0.980. The first kappa shape index (κ1) is 12.9. The molecule has 0 aliphatic carbocycles. The van der Waals surface area contributed by atoms with Crippen LogP contribution in [0, 0.1) is 0 Å². The number of nitrogen functional groups attached to an aromatic ring is 1. The Kier molecular flexibility index (Phi) is 3.41. The highest BCUT2D eigenvalue weighted by Crippen LogP contribution is 2.15. The number of nitrogens with zero attached hydrogens (tertiary/aromatic N) is 3. The van der Waals surface area contributed by atoms with E-state index in [0.717, 1.165) is 5.56 Å². The van der Waals surface area contributed by atoms with Gasteiger partial charge in [-0.3, -0.25) is 9.48 Å². The molecule has 0 saturated carbocycles. The van der Waals surface area contributed by atoms with E-state index in [-0.39, 0.29) is 17.4 Å². The first-order valence-corrected chi connectivity index (χ1v) is 5.80. The van der Waals surface area contributed by atoms with Crippen LogP contribution < -0.4 is 5.73 Å². The molecule has 0 fully saturated rings. The number of hydrogen-bond acceptors (Lipinski definition) is 4. The molecular formula is C13H16N4O2. The molecule has 0 aliphatic rings.